The highest BCUT2D eigenvalue weighted by Crippen LogP contribution is 2.25. The van der Waals surface area contributed by atoms with Crippen molar-refractivity contribution in [1.29, 1.82) is 0 Å². The molecule has 2 rings (SSSR count). The first-order valence-electron chi connectivity index (χ1n) is 5.30. The smallest absolute Gasteiger partial charge is 0.255 e. The van der Waals surface area contributed by atoms with Gasteiger partial charge in [-0.2, -0.15) is 0 Å². The van der Waals surface area contributed by atoms with E-state index in [0.29, 0.717) is 12.1 Å². The van der Waals surface area contributed by atoms with Gasteiger partial charge in [0.1, 0.15) is 5.82 Å². The zero-order chi connectivity index (χ0) is 14.9. The van der Waals surface area contributed by atoms with Crippen LogP contribution in [-0.4, -0.2) is 5.91 Å². The fourth-order valence-electron chi connectivity index (χ4n) is 1.49. The molecule has 0 aliphatic carbocycles. The second-order valence-electron chi connectivity index (χ2n) is 3.80. The van der Waals surface area contributed by atoms with Crippen LogP contribution in [0.3, 0.4) is 0 Å². The van der Waals surface area contributed by atoms with Gasteiger partial charge in [0, 0.05) is 5.56 Å². The molecule has 1 N–H and O–H groups in total. The molecule has 0 aromatic heterocycles. The molecule has 2 aromatic rings. The van der Waals surface area contributed by atoms with Crippen molar-refractivity contribution < 1.29 is 22.4 Å². The Bertz CT molecular complexity index is 647. The Morgan fingerprint density at radius 1 is 1.00 bits per heavy atom. The van der Waals surface area contributed by atoms with Crippen molar-refractivity contribution in [3.05, 3.63) is 64.2 Å². The zero-order valence-electron chi connectivity index (χ0n) is 9.68. The third-order valence-electron chi connectivity index (χ3n) is 2.45. The number of carbonyl (C=O) groups is 1. The minimum atomic E-state index is -1.69. The molecule has 0 bridgehead atoms. The van der Waals surface area contributed by atoms with Crippen LogP contribution in [-0.2, 0) is 0 Å². The third-order valence-corrected chi connectivity index (χ3v) is 2.76. The van der Waals surface area contributed by atoms with E-state index in [9.17, 15) is 22.4 Å². The number of hydrogen-bond acceptors (Lipinski definition) is 1. The molecule has 1 amide bonds. The van der Waals surface area contributed by atoms with Crippen LogP contribution in [0.1, 0.15) is 10.4 Å². The molecular weight excluding hydrogens is 298 g/mol. The normalized spacial score (nSPS) is 10.4. The Labute approximate surface area is 116 Å². The molecule has 0 saturated heterocycles. The van der Waals surface area contributed by atoms with Crippen molar-refractivity contribution in [3.8, 4) is 0 Å². The van der Waals surface area contributed by atoms with Gasteiger partial charge in [-0.05, 0) is 24.3 Å². The molecule has 7 heteroatoms. The highest BCUT2D eigenvalue weighted by atomic mass is 35.5. The largest absolute Gasteiger partial charge is 0.318 e. The van der Waals surface area contributed by atoms with Gasteiger partial charge in [-0.1, -0.05) is 17.7 Å². The SMILES string of the molecule is O=C(Nc1c(F)cccc1Cl)c1cc(F)c(F)c(F)c1. The summed E-state index contributed by atoms with van der Waals surface area (Å²) in [4.78, 5) is 11.7. The van der Waals surface area contributed by atoms with Crippen LogP contribution in [0, 0.1) is 23.3 Å². The second-order valence-corrected chi connectivity index (χ2v) is 4.21. The fraction of sp³-hybridized carbons (Fsp3) is 0. The Kier molecular flexibility index (Phi) is 3.94. The van der Waals surface area contributed by atoms with E-state index in [0.717, 1.165) is 6.07 Å². The van der Waals surface area contributed by atoms with E-state index < -0.39 is 34.7 Å². The number of amides is 1. The number of nitrogens with one attached hydrogen (secondary N) is 1. The predicted octanol–water partition coefficient (Wildman–Crippen LogP) is 4.15. The molecule has 0 aliphatic heterocycles. The zero-order valence-corrected chi connectivity index (χ0v) is 10.4. The predicted molar refractivity (Wildman–Crippen MR) is 65.7 cm³/mol. The van der Waals surface area contributed by atoms with Crippen molar-refractivity contribution >= 4 is 23.2 Å². The molecule has 0 fully saturated rings. The van der Waals surface area contributed by atoms with Crippen LogP contribution < -0.4 is 5.32 Å². The highest BCUT2D eigenvalue weighted by Gasteiger charge is 2.17. The summed E-state index contributed by atoms with van der Waals surface area (Å²) in [7, 11) is 0. The van der Waals surface area contributed by atoms with Gasteiger partial charge in [-0.3, -0.25) is 4.79 Å². The lowest BCUT2D eigenvalue weighted by Gasteiger charge is -2.08. The van der Waals surface area contributed by atoms with Crippen LogP contribution in [0.2, 0.25) is 5.02 Å². The fourth-order valence-corrected chi connectivity index (χ4v) is 1.70. The molecule has 0 spiro atoms. The van der Waals surface area contributed by atoms with Gasteiger partial charge in [0.15, 0.2) is 17.5 Å². The minimum absolute atomic E-state index is 0.0820. The van der Waals surface area contributed by atoms with Crippen molar-refractivity contribution in [2.75, 3.05) is 5.32 Å². The lowest BCUT2D eigenvalue weighted by molar-refractivity contribution is 0.102. The maximum Gasteiger partial charge on any atom is 0.255 e. The van der Waals surface area contributed by atoms with Gasteiger partial charge in [0.25, 0.3) is 5.91 Å². The number of benzene rings is 2. The molecule has 0 heterocycles. The van der Waals surface area contributed by atoms with E-state index in [2.05, 4.69) is 5.32 Å². The van der Waals surface area contributed by atoms with Crippen molar-refractivity contribution in [3.63, 3.8) is 0 Å². The van der Waals surface area contributed by atoms with E-state index >= 15 is 0 Å². The van der Waals surface area contributed by atoms with Crippen LogP contribution >= 0.6 is 11.6 Å². The molecule has 0 unspecified atom stereocenters. The molecule has 2 nitrogen and oxygen atoms in total. The molecule has 0 saturated carbocycles. The number of carbonyl (C=O) groups excluding carboxylic acids is 1. The van der Waals surface area contributed by atoms with Gasteiger partial charge in [0.2, 0.25) is 0 Å². The highest BCUT2D eigenvalue weighted by molar-refractivity contribution is 6.33. The molecule has 0 atom stereocenters. The summed E-state index contributed by atoms with van der Waals surface area (Å²) in [6.45, 7) is 0. The molecule has 0 aliphatic rings. The summed E-state index contributed by atoms with van der Waals surface area (Å²) in [6.07, 6.45) is 0. The van der Waals surface area contributed by atoms with E-state index in [1.165, 1.54) is 12.1 Å². The maximum absolute atomic E-state index is 13.4. The summed E-state index contributed by atoms with van der Waals surface area (Å²) in [5.74, 6) is -6.56. The average molecular weight is 304 g/mol. The number of anilines is 1. The van der Waals surface area contributed by atoms with Crippen LogP contribution in [0.15, 0.2) is 30.3 Å². The van der Waals surface area contributed by atoms with Gasteiger partial charge in [-0.15, -0.1) is 0 Å². The first kappa shape index (κ1) is 14.3. The summed E-state index contributed by atoms with van der Waals surface area (Å²) in [5, 5.41) is 1.98. The van der Waals surface area contributed by atoms with E-state index in [4.69, 9.17) is 11.6 Å². The molecule has 104 valence electrons. The molecule has 20 heavy (non-hydrogen) atoms. The Morgan fingerprint density at radius 3 is 2.15 bits per heavy atom. The first-order valence-corrected chi connectivity index (χ1v) is 5.68. The van der Waals surface area contributed by atoms with Crippen molar-refractivity contribution in [2.24, 2.45) is 0 Å². The lowest BCUT2D eigenvalue weighted by atomic mass is 10.2. The Balaban J connectivity index is 2.34. The first-order chi connectivity index (χ1) is 9.40. The number of hydrogen-bond donors (Lipinski definition) is 1. The summed E-state index contributed by atoms with van der Waals surface area (Å²) in [5.41, 5.74) is -0.829. The van der Waals surface area contributed by atoms with E-state index in [1.54, 1.807) is 0 Å². The average Bonchev–Trinajstić information content (AvgIpc) is 2.39. The van der Waals surface area contributed by atoms with Gasteiger partial charge < -0.3 is 5.32 Å². The summed E-state index contributed by atoms with van der Waals surface area (Å²) < 4.78 is 52.2. The third kappa shape index (κ3) is 2.75. The van der Waals surface area contributed by atoms with Crippen molar-refractivity contribution in [1.82, 2.24) is 0 Å². The Morgan fingerprint density at radius 2 is 1.60 bits per heavy atom. The Hall–Kier alpha value is -2.08. The minimum Gasteiger partial charge on any atom is -0.318 e. The van der Waals surface area contributed by atoms with Crippen LogP contribution in [0.25, 0.3) is 0 Å². The van der Waals surface area contributed by atoms with E-state index in [1.807, 2.05) is 0 Å². The van der Waals surface area contributed by atoms with Crippen molar-refractivity contribution in [2.45, 2.75) is 0 Å². The summed E-state index contributed by atoms with van der Waals surface area (Å²) >= 11 is 5.69. The van der Waals surface area contributed by atoms with Crippen LogP contribution in [0.5, 0.6) is 0 Å². The molecule has 0 radical (unpaired) electrons. The van der Waals surface area contributed by atoms with E-state index in [-0.39, 0.29) is 10.7 Å². The van der Waals surface area contributed by atoms with Gasteiger partial charge >= 0.3 is 0 Å². The second kappa shape index (κ2) is 5.50. The molecule has 2 aromatic carbocycles. The number of halogens is 5. The summed E-state index contributed by atoms with van der Waals surface area (Å²) in [6, 6.07) is 4.70. The van der Waals surface area contributed by atoms with Gasteiger partial charge in [0.05, 0.1) is 10.7 Å². The monoisotopic (exact) mass is 303 g/mol. The standard InChI is InChI=1S/C13H6ClF4NO/c14-7-2-1-3-8(15)12(7)19-13(20)6-4-9(16)11(18)10(17)5-6/h1-5H,(H,19,20). The number of para-hydroxylation sites is 1. The maximum atomic E-state index is 13.4. The quantitative estimate of drug-likeness (QED) is 0.655. The van der Waals surface area contributed by atoms with Crippen LogP contribution in [0.4, 0.5) is 23.2 Å². The number of rotatable bonds is 2. The lowest BCUT2D eigenvalue weighted by Crippen LogP contribution is -2.14. The topological polar surface area (TPSA) is 29.1 Å². The molecular formula is C13H6ClF4NO. The van der Waals surface area contributed by atoms with Gasteiger partial charge in [-0.25, -0.2) is 17.6 Å².